The fourth-order valence-corrected chi connectivity index (χ4v) is 1.40. The van der Waals surface area contributed by atoms with Gasteiger partial charge in [0, 0.05) is 0 Å². The number of hydrogen-bond acceptors (Lipinski definition) is 5. The first-order valence-corrected chi connectivity index (χ1v) is 4.00. The highest BCUT2D eigenvalue weighted by Gasteiger charge is 2.20. The van der Waals surface area contributed by atoms with Gasteiger partial charge in [-0.25, -0.2) is 9.97 Å². The molecule has 0 fully saturated rings. The van der Waals surface area contributed by atoms with Gasteiger partial charge in [-0.15, -0.1) is 5.10 Å². The Morgan fingerprint density at radius 1 is 1.50 bits per heavy atom. The molecule has 0 aliphatic heterocycles. The number of halogens is 1. The summed E-state index contributed by atoms with van der Waals surface area (Å²) in [6.45, 7) is 1.63. The Morgan fingerprint density at radius 3 is 2.86 bits per heavy atom. The molecule has 0 amide bonds. The molecule has 2 rings (SSSR count). The average Bonchev–Trinajstić information content (AvgIpc) is 2.47. The van der Waals surface area contributed by atoms with Gasteiger partial charge in [-0.3, -0.25) is 0 Å². The molecule has 0 atom stereocenters. The van der Waals surface area contributed by atoms with E-state index in [1.165, 1.54) is 0 Å². The SMILES string of the molecule is Cc1nc(Cl)c2c([N+](=O)[O-])[nH]nc2n1. The van der Waals surface area contributed by atoms with E-state index < -0.39 is 4.92 Å². The highest BCUT2D eigenvalue weighted by atomic mass is 35.5. The number of aryl methyl sites for hydroxylation is 1. The molecule has 0 unspecified atom stereocenters. The molecule has 0 bridgehead atoms. The van der Waals surface area contributed by atoms with Crippen molar-refractivity contribution >= 4 is 28.5 Å². The summed E-state index contributed by atoms with van der Waals surface area (Å²) in [7, 11) is 0. The van der Waals surface area contributed by atoms with Gasteiger partial charge >= 0.3 is 5.82 Å². The van der Waals surface area contributed by atoms with Crippen molar-refractivity contribution < 1.29 is 4.92 Å². The lowest BCUT2D eigenvalue weighted by molar-refractivity contribution is -0.387. The van der Waals surface area contributed by atoms with Crippen LogP contribution in [0.3, 0.4) is 0 Å². The summed E-state index contributed by atoms with van der Waals surface area (Å²) in [5.41, 5.74) is 0.203. The molecule has 72 valence electrons. The Labute approximate surface area is 82.3 Å². The largest absolute Gasteiger partial charge is 0.358 e. The van der Waals surface area contributed by atoms with Crippen LogP contribution < -0.4 is 0 Å². The van der Waals surface area contributed by atoms with Gasteiger partial charge in [0.15, 0.2) is 10.5 Å². The lowest BCUT2D eigenvalue weighted by atomic mass is 10.4. The van der Waals surface area contributed by atoms with E-state index in [0.29, 0.717) is 5.82 Å². The predicted molar refractivity (Wildman–Crippen MR) is 48.1 cm³/mol. The van der Waals surface area contributed by atoms with Gasteiger partial charge in [0.25, 0.3) is 0 Å². The summed E-state index contributed by atoms with van der Waals surface area (Å²) in [4.78, 5) is 17.6. The lowest BCUT2D eigenvalue weighted by Gasteiger charge is -1.94. The van der Waals surface area contributed by atoms with Crippen LogP contribution in [0.1, 0.15) is 5.82 Å². The van der Waals surface area contributed by atoms with E-state index in [1.54, 1.807) is 6.92 Å². The molecule has 0 aliphatic carbocycles. The van der Waals surface area contributed by atoms with Gasteiger partial charge in [0.2, 0.25) is 5.65 Å². The predicted octanol–water partition coefficient (Wildman–Crippen LogP) is 1.22. The van der Waals surface area contributed by atoms with E-state index in [4.69, 9.17) is 11.6 Å². The first kappa shape index (κ1) is 8.82. The highest BCUT2D eigenvalue weighted by molar-refractivity contribution is 6.34. The third-order valence-corrected chi connectivity index (χ3v) is 1.92. The molecule has 2 aromatic rings. The maximum atomic E-state index is 10.5. The number of hydrogen-bond donors (Lipinski definition) is 1. The van der Waals surface area contributed by atoms with Crippen molar-refractivity contribution in [1.82, 2.24) is 20.2 Å². The van der Waals surface area contributed by atoms with Gasteiger partial charge in [-0.05, 0) is 11.8 Å². The molecule has 2 aromatic heterocycles. The third-order valence-electron chi connectivity index (χ3n) is 1.64. The first-order chi connectivity index (χ1) is 6.59. The molecule has 1 N–H and O–H groups in total. The van der Waals surface area contributed by atoms with Gasteiger partial charge in [-0.2, -0.15) is 0 Å². The van der Waals surface area contributed by atoms with Crippen LogP contribution in [0.5, 0.6) is 0 Å². The molecular weight excluding hydrogens is 210 g/mol. The number of nitrogens with zero attached hydrogens (tertiary/aromatic N) is 4. The second kappa shape index (κ2) is 2.88. The van der Waals surface area contributed by atoms with Crippen LogP contribution in [0, 0.1) is 17.0 Å². The summed E-state index contributed by atoms with van der Waals surface area (Å²) in [6, 6.07) is 0. The van der Waals surface area contributed by atoms with Crippen LogP contribution in [-0.4, -0.2) is 25.1 Å². The zero-order chi connectivity index (χ0) is 10.3. The maximum Gasteiger partial charge on any atom is 0.355 e. The summed E-state index contributed by atoms with van der Waals surface area (Å²) in [6.07, 6.45) is 0. The molecule has 2 heterocycles. The standard InChI is InChI=1S/C6H4ClN5O2/c1-2-8-4(7)3-5(9-2)10-11-6(3)12(13)14/h1H3,(H,8,9,10,11). The summed E-state index contributed by atoms with van der Waals surface area (Å²) in [5, 5.41) is 16.6. The van der Waals surface area contributed by atoms with Crippen LogP contribution >= 0.6 is 11.6 Å². The number of H-pyrrole nitrogens is 1. The number of rotatable bonds is 1. The minimum absolute atomic E-state index is 0.0351. The van der Waals surface area contributed by atoms with E-state index in [0.717, 1.165) is 0 Å². The maximum absolute atomic E-state index is 10.5. The summed E-state index contributed by atoms with van der Waals surface area (Å²) < 4.78 is 0. The van der Waals surface area contributed by atoms with Crippen molar-refractivity contribution in [3.8, 4) is 0 Å². The number of nitrogens with one attached hydrogen (secondary N) is 1. The van der Waals surface area contributed by atoms with Crippen molar-refractivity contribution in [2.75, 3.05) is 0 Å². The van der Waals surface area contributed by atoms with Gasteiger partial charge < -0.3 is 10.1 Å². The fraction of sp³-hybridized carbons (Fsp3) is 0.167. The Hall–Kier alpha value is -1.76. The minimum Gasteiger partial charge on any atom is -0.358 e. The van der Waals surface area contributed by atoms with Crippen molar-refractivity contribution in [1.29, 1.82) is 0 Å². The van der Waals surface area contributed by atoms with E-state index in [1.807, 2.05) is 0 Å². The second-order valence-electron chi connectivity index (χ2n) is 2.59. The molecule has 0 spiro atoms. The zero-order valence-corrected chi connectivity index (χ0v) is 7.74. The van der Waals surface area contributed by atoms with Crippen LogP contribution in [0.2, 0.25) is 5.15 Å². The van der Waals surface area contributed by atoms with E-state index in [9.17, 15) is 10.1 Å². The number of fused-ring (bicyclic) bond motifs is 1. The quantitative estimate of drug-likeness (QED) is 0.436. The molecule has 0 aromatic carbocycles. The van der Waals surface area contributed by atoms with Crippen molar-refractivity contribution in [2.45, 2.75) is 6.92 Å². The average molecular weight is 214 g/mol. The monoisotopic (exact) mass is 213 g/mol. The van der Waals surface area contributed by atoms with Crippen LogP contribution in [0.15, 0.2) is 0 Å². The van der Waals surface area contributed by atoms with Gasteiger partial charge in [-0.1, -0.05) is 16.7 Å². The third kappa shape index (κ3) is 1.18. The normalized spacial score (nSPS) is 10.7. The zero-order valence-electron chi connectivity index (χ0n) is 6.98. The number of aromatic amines is 1. The topological polar surface area (TPSA) is 97.6 Å². The molecule has 0 radical (unpaired) electrons. The molecule has 0 saturated heterocycles. The van der Waals surface area contributed by atoms with E-state index >= 15 is 0 Å². The molecule has 8 heteroatoms. The fourth-order valence-electron chi connectivity index (χ4n) is 1.10. The van der Waals surface area contributed by atoms with Crippen molar-refractivity contribution in [2.24, 2.45) is 0 Å². The van der Waals surface area contributed by atoms with Crippen molar-refractivity contribution in [3.05, 3.63) is 21.1 Å². The Kier molecular flexibility index (Phi) is 1.81. The van der Waals surface area contributed by atoms with E-state index in [-0.39, 0.29) is 22.0 Å². The Balaban J connectivity index is 2.85. The lowest BCUT2D eigenvalue weighted by Crippen LogP contribution is -1.91. The van der Waals surface area contributed by atoms with Crippen LogP contribution in [-0.2, 0) is 0 Å². The Bertz CT molecular complexity index is 522. The summed E-state index contributed by atoms with van der Waals surface area (Å²) >= 11 is 5.74. The van der Waals surface area contributed by atoms with Gasteiger partial charge in [0.1, 0.15) is 5.82 Å². The van der Waals surface area contributed by atoms with Crippen molar-refractivity contribution in [3.63, 3.8) is 0 Å². The number of nitro groups is 1. The van der Waals surface area contributed by atoms with Crippen LogP contribution in [0.4, 0.5) is 5.82 Å². The molecule has 14 heavy (non-hydrogen) atoms. The molecule has 0 saturated carbocycles. The highest BCUT2D eigenvalue weighted by Crippen LogP contribution is 2.26. The van der Waals surface area contributed by atoms with Gasteiger partial charge in [0.05, 0.1) is 0 Å². The first-order valence-electron chi connectivity index (χ1n) is 3.62. The van der Waals surface area contributed by atoms with E-state index in [2.05, 4.69) is 20.2 Å². The van der Waals surface area contributed by atoms with Crippen LogP contribution in [0.25, 0.3) is 11.0 Å². The minimum atomic E-state index is -0.611. The smallest absolute Gasteiger partial charge is 0.355 e. The Morgan fingerprint density at radius 2 is 2.21 bits per heavy atom. The molecular formula is C6H4ClN5O2. The second-order valence-corrected chi connectivity index (χ2v) is 2.95. The molecule has 0 aliphatic rings. The molecule has 7 nitrogen and oxygen atoms in total. The number of aromatic nitrogens is 4. The summed E-state index contributed by atoms with van der Waals surface area (Å²) in [5.74, 6) is 0.133.